The largest absolute Gasteiger partial charge is 0.484 e. The van der Waals surface area contributed by atoms with E-state index in [-0.39, 0.29) is 23.7 Å². The number of fused-ring (bicyclic) bond motifs is 2. The number of aliphatic hydroxyl groups is 5. The topological polar surface area (TPSA) is 200 Å². The summed E-state index contributed by atoms with van der Waals surface area (Å²) in [6.45, 7) is 1.48. The number of benzene rings is 1. The van der Waals surface area contributed by atoms with Crippen LogP contribution >= 0.6 is 0 Å². The normalized spacial score (nSPS) is 25.3. The molecule has 13 nitrogen and oxygen atoms in total. The van der Waals surface area contributed by atoms with Gasteiger partial charge in [-0.2, -0.15) is 0 Å². The molecular weight excluding hydrogens is 540 g/mol. The Kier molecular flexibility index (Phi) is 10.4. The maximum absolute atomic E-state index is 12.6. The van der Waals surface area contributed by atoms with Crippen molar-refractivity contribution in [1.82, 2.24) is 10.6 Å². The number of aryl methyl sites for hydroxylation is 1. The van der Waals surface area contributed by atoms with Crippen molar-refractivity contribution in [2.24, 2.45) is 5.92 Å². The van der Waals surface area contributed by atoms with Crippen LogP contribution in [0.1, 0.15) is 37.0 Å². The van der Waals surface area contributed by atoms with Crippen LogP contribution in [0.25, 0.3) is 11.0 Å². The van der Waals surface area contributed by atoms with Gasteiger partial charge < -0.3 is 45.3 Å². The molecule has 13 heteroatoms. The third-order valence-electron chi connectivity index (χ3n) is 7.92. The highest BCUT2D eigenvalue weighted by Gasteiger charge is 2.47. The van der Waals surface area contributed by atoms with Crippen LogP contribution in [-0.4, -0.2) is 101 Å². The Morgan fingerprint density at radius 1 is 1.10 bits per heavy atom. The van der Waals surface area contributed by atoms with Crippen LogP contribution in [0.3, 0.4) is 0 Å². The smallest absolute Gasteiger partial charge is 0.220 e. The van der Waals surface area contributed by atoms with E-state index in [1.54, 1.807) is 19.1 Å². The SMILES string of the molecule is CNCCC1(CCC2CNC(=O)C2)Oc2cc3oc(C)cc(=O)c3cc2CC1OOCC(O)C(O)C(O)C(O)CO. The first-order valence-electron chi connectivity index (χ1n) is 13.9. The summed E-state index contributed by atoms with van der Waals surface area (Å²) >= 11 is 0. The molecule has 7 N–H and O–H groups in total. The van der Waals surface area contributed by atoms with Gasteiger partial charge in [0.15, 0.2) is 5.43 Å². The fraction of sp³-hybridized carbons (Fsp3) is 0.643. The summed E-state index contributed by atoms with van der Waals surface area (Å²) in [5, 5.41) is 55.3. The molecule has 0 saturated carbocycles. The van der Waals surface area contributed by atoms with E-state index in [1.807, 2.05) is 7.05 Å². The summed E-state index contributed by atoms with van der Waals surface area (Å²) in [7, 11) is 1.81. The molecule has 0 radical (unpaired) electrons. The zero-order valence-electron chi connectivity index (χ0n) is 23.2. The first kappa shape index (κ1) is 31.3. The molecule has 3 heterocycles. The maximum atomic E-state index is 12.6. The number of carbonyl (C=O) groups excluding carboxylic acids is 1. The summed E-state index contributed by atoms with van der Waals surface area (Å²) in [5.74, 6) is 1.14. The lowest BCUT2D eigenvalue weighted by Crippen LogP contribution is -2.54. The average molecular weight is 581 g/mol. The number of amides is 1. The second kappa shape index (κ2) is 13.6. The number of carbonyl (C=O) groups is 1. The first-order valence-corrected chi connectivity index (χ1v) is 13.9. The average Bonchev–Trinajstić information content (AvgIpc) is 3.37. The second-order valence-corrected chi connectivity index (χ2v) is 11.0. The van der Waals surface area contributed by atoms with E-state index >= 15 is 0 Å². The van der Waals surface area contributed by atoms with Gasteiger partial charge in [-0.25, -0.2) is 9.78 Å². The Labute approximate surface area is 237 Å². The van der Waals surface area contributed by atoms with E-state index in [0.717, 1.165) is 0 Å². The van der Waals surface area contributed by atoms with Crippen molar-refractivity contribution in [2.45, 2.75) is 75.1 Å². The van der Waals surface area contributed by atoms with Gasteiger partial charge in [0.25, 0.3) is 0 Å². The van der Waals surface area contributed by atoms with Gasteiger partial charge in [-0.05, 0) is 50.9 Å². The Hall–Kier alpha value is -2.62. The molecule has 2 aliphatic heterocycles. The van der Waals surface area contributed by atoms with E-state index in [0.29, 0.717) is 66.8 Å². The molecular formula is C28H40N2O11. The van der Waals surface area contributed by atoms with Crippen molar-refractivity contribution in [3.8, 4) is 5.75 Å². The lowest BCUT2D eigenvalue weighted by atomic mass is 9.79. The Morgan fingerprint density at radius 3 is 2.54 bits per heavy atom. The Balaban J connectivity index is 1.60. The van der Waals surface area contributed by atoms with Crippen molar-refractivity contribution in [1.29, 1.82) is 0 Å². The van der Waals surface area contributed by atoms with E-state index in [2.05, 4.69) is 10.6 Å². The van der Waals surface area contributed by atoms with E-state index < -0.39 is 49.3 Å². The fourth-order valence-electron chi connectivity index (χ4n) is 5.45. The minimum absolute atomic E-state index is 0.00299. The van der Waals surface area contributed by atoms with Gasteiger partial charge in [-0.3, -0.25) is 9.59 Å². The highest BCUT2D eigenvalue weighted by atomic mass is 17.2. The van der Waals surface area contributed by atoms with Crippen LogP contribution in [0.4, 0.5) is 0 Å². The molecule has 1 saturated heterocycles. The van der Waals surface area contributed by atoms with Gasteiger partial charge in [0.1, 0.15) is 59.8 Å². The molecule has 2 aliphatic rings. The van der Waals surface area contributed by atoms with Crippen LogP contribution < -0.4 is 20.8 Å². The molecule has 1 aromatic heterocycles. The van der Waals surface area contributed by atoms with E-state index in [4.69, 9.17) is 24.0 Å². The number of hydrogen-bond acceptors (Lipinski definition) is 12. The second-order valence-electron chi connectivity index (χ2n) is 11.0. The third-order valence-corrected chi connectivity index (χ3v) is 7.92. The third kappa shape index (κ3) is 7.24. The zero-order chi connectivity index (χ0) is 29.7. The van der Waals surface area contributed by atoms with Crippen molar-refractivity contribution in [3.05, 3.63) is 39.7 Å². The molecule has 7 unspecified atom stereocenters. The summed E-state index contributed by atoms with van der Waals surface area (Å²) in [4.78, 5) is 35.7. The Bertz CT molecular complexity index is 1250. The standard InChI is InChI=1S/C28H40N2O11/c1-15-7-19(32)18-9-17-10-24(41-38-14-21(34)27(37)26(36)20(33)13-31)28(5-6-29-2,40-22(17)11-23(18)39-15)4-3-16-8-25(35)30-12-16/h7,9,11,16,20-21,24,26-27,29,31,33-34,36-37H,3-6,8,10,12-14H2,1-2H3,(H,30,35). The Morgan fingerprint density at radius 2 is 1.85 bits per heavy atom. The molecule has 41 heavy (non-hydrogen) atoms. The van der Waals surface area contributed by atoms with E-state index in [1.165, 1.54) is 6.07 Å². The molecule has 7 atom stereocenters. The molecule has 0 aliphatic carbocycles. The number of aliphatic hydroxyl groups excluding tert-OH is 5. The van der Waals surface area contributed by atoms with Crippen LogP contribution in [0.2, 0.25) is 0 Å². The highest BCUT2D eigenvalue weighted by molar-refractivity contribution is 5.80. The zero-order valence-corrected chi connectivity index (χ0v) is 23.2. The lowest BCUT2D eigenvalue weighted by molar-refractivity contribution is -0.362. The summed E-state index contributed by atoms with van der Waals surface area (Å²) < 4.78 is 12.5. The van der Waals surface area contributed by atoms with Crippen LogP contribution in [-0.2, 0) is 21.0 Å². The number of nitrogens with one attached hydrogen (secondary N) is 2. The number of hydrogen-bond donors (Lipinski definition) is 7. The molecule has 0 spiro atoms. The van der Waals surface area contributed by atoms with Crippen LogP contribution in [0, 0.1) is 12.8 Å². The molecule has 228 valence electrons. The highest BCUT2D eigenvalue weighted by Crippen LogP contribution is 2.42. The van der Waals surface area contributed by atoms with Crippen molar-refractivity contribution in [2.75, 3.05) is 33.4 Å². The van der Waals surface area contributed by atoms with Gasteiger partial charge in [0, 0.05) is 37.9 Å². The lowest BCUT2D eigenvalue weighted by Gasteiger charge is -2.44. The van der Waals surface area contributed by atoms with Crippen molar-refractivity contribution in [3.63, 3.8) is 0 Å². The molecule has 2 aromatic rings. The molecule has 1 fully saturated rings. The maximum Gasteiger partial charge on any atom is 0.220 e. The van der Waals surface area contributed by atoms with Gasteiger partial charge in [0.2, 0.25) is 5.91 Å². The minimum Gasteiger partial charge on any atom is -0.484 e. The quantitative estimate of drug-likeness (QED) is 0.107. The van der Waals surface area contributed by atoms with Crippen LogP contribution in [0.15, 0.2) is 27.4 Å². The molecule has 4 rings (SSSR count). The number of ether oxygens (including phenoxy) is 1. The van der Waals surface area contributed by atoms with Crippen molar-refractivity contribution >= 4 is 16.9 Å². The molecule has 0 bridgehead atoms. The van der Waals surface area contributed by atoms with E-state index in [9.17, 15) is 30.0 Å². The molecule has 1 amide bonds. The number of rotatable bonds is 14. The predicted octanol–water partition coefficient (Wildman–Crippen LogP) is -0.946. The fourth-order valence-corrected chi connectivity index (χ4v) is 5.45. The molecule has 1 aromatic carbocycles. The minimum atomic E-state index is -1.81. The van der Waals surface area contributed by atoms with Gasteiger partial charge in [-0.1, -0.05) is 0 Å². The van der Waals surface area contributed by atoms with Crippen LogP contribution in [0.5, 0.6) is 5.75 Å². The summed E-state index contributed by atoms with van der Waals surface area (Å²) in [6, 6.07) is 4.83. The summed E-state index contributed by atoms with van der Waals surface area (Å²) in [6.07, 6.45) is -5.25. The summed E-state index contributed by atoms with van der Waals surface area (Å²) in [5.41, 5.74) is -0.0259. The van der Waals surface area contributed by atoms with Gasteiger partial charge in [0.05, 0.1) is 12.0 Å². The van der Waals surface area contributed by atoms with Gasteiger partial charge >= 0.3 is 0 Å². The monoisotopic (exact) mass is 580 g/mol. The van der Waals surface area contributed by atoms with Gasteiger partial charge in [-0.15, -0.1) is 0 Å². The first-order chi connectivity index (χ1) is 19.6. The van der Waals surface area contributed by atoms with Crippen molar-refractivity contribution < 1.29 is 49.3 Å². The predicted molar refractivity (Wildman–Crippen MR) is 145 cm³/mol.